The summed E-state index contributed by atoms with van der Waals surface area (Å²) in [7, 11) is 1.73. The van der Waals surface area contributed by atoms with Gasteiger partial charge in [-0.3, -0.25) is 0 Å². The van der Waals surface area contributed by atoms with Gasteiger partial charge in [-0.1, -0.05) is 23.4 Å². The van der Waals surface area contributed by atoms with Gasteiger partial charge < -0.3 is 10.1 Å². The maximum atomic E-state index is 11.9. The smallest absolute Gasteiger partial charge is 0.406 e. The fraction of sp³-hybridized carbons (Fsp3) is 0.273. The summed E-state index contributed by atoms with van der Waals surface area (Å²) >= 11 is 5.77. The minimum atomic E-state index is -4.72. The fourth-order valence-electron chi connectivity index (χ4n) is 1.02. The van der Waals surface area contributed by atoms with Crippen LogP contribution >= 0.6 is 11.6 Å². The quantitative estimate of drug-likeness (QED) is 0.829. The minimum absolute atomic E-state index is 0.121. The molecule has 0 saturated heterocycles. The van der Waals surface area contributed by atoms with Gasteiger partial charge in [-0.2, -0.15) is 0 Å². The maximum Gasteiger partial charge on any atom is 0.573 e. The predicted octanol–water partition coefficient (Wildman–Crippen LogP) is 2.81. The van der Waals surface area contributed by atoms with Gasteiger partial charge in [0.05, 0.1) is 11.6 Å². The molecule has 1 aromatic rings. The molecule has 0 unspecified atom stereocenters. The van der Waals surface area contributed by atoms with E-state index in [1.54, 1.807) is 7.05 Å². The van der Waals surface area contributed by atoms with Crippen LogP contribution in [0.15, 0.2) is 18.2 Å². The number of hydrogen-bond acceptors (Lipinski definition) is 2. The Labute approximate surface area is 102 Å². The molecule has 2 nitrogen and oxygen atoms in total. The van der Waals surface area contributed by atoms with E-state index in [9.17, 15) is 13.2 Å². The van der Waals surface area contributed by atoms with Crippen LogP contribution in [-0.4, -0.2) is 20.0 Å². The first-order chi connectivity index (χ1) is 7.92. The first kappa shape index (κ1) is 13.7. The van der Waals surface area contributed by atoms with Crippen molar-refractivity contribution in [2.75, 3.05) is 13.6 Å². The van der Waals surface area contributed by atoms with Crippen molar-refractivity contribution in [1.29, 1.82) is 0 Å². The number of benzene rings is 1. The average Bonchev–Trinajstić information content (AvgIpc) is 2.19. The van der Waals surface area contributed by atoms with Crippen molar-refractivity contribution in [2.45, 2.75) is 6.36 Å². The molecule has 0 amide bonds. The molecule has 0 heterocycles. The first-order valence-corrected chi connectivity index (χ1v) is 4.99. The second-order valence-corrected chi connectivity index (χ2v) is 3.43. The van der Waals surface area contributed by atoms with Gasteiger partial charge in [0.15, 0.2) is 0 Å². The van der Waals surface area contributed by atoms with E-state index in [1.807, 2.05) is 0 Å². The normalized spacial score (nSPS) is 10.6. The third-order valence-corrected chi connectivity index (χ3v) is 1.98. The Hall–Kier alpha value is -1.38. The van der Waals surface area contributed by atoms with E-state index in [0.717, 1.165) is 6.07 Å². The lowest BCUT2D eigenvalue weighted by atomic mass is 10.2. The molecular formula is C11H9ClF3NO. The standard InChI is InChI=1S/C11H9ClF3NO/c1-16-6-2-3-8-4-5-9(7-10(8)12)17-11(13,14)15/h4-5,7,16H,6H2,1H3. The summed E-state index contributed by atoms with van der Waals surface area (Å²) in [5.74, 6) is 5.11. The number of nitrogens with one attached hydrogen (secondary N) is 1. The number of hydrogen-bond donors (Lipinski definition) is 1. The van der Waals surface area contributed by atoms with Crippen molar-refractivity contribution in [1.82, 2.24) is 5.32 Å². The molecule has 1 aromatic carbocycles. The Balaban J connectivity index is 2.84. The van der Waals surface area contributed by atoms with Crippen LogP contribution in [0.25, 0.3) is 0 Å². The van der Waals surface area contributed by atoms with Crippen molar-refractivity contribution < 1.29 is 17.9 Å². The van der Waals surface area contributed by atoms with Gasteiger partial charge in [-0.25, -0.2) is 0 Å². The molecule has 0 saturated carbocycles. The van der Waals surface area contributed by atoms with E-state index < -0.39 is 6.36 Å². The molecule has 0 aliphatic rings. The molecule has 0 aromatic heterocycles. The molecule has 0 fully saturated rings. The number of alkyl halides is 3. The van der Waals surface area contributed by atoms with Gasteiger partial charge in [0.25, 0.3) is 0 Å². The van der Waals surface area contributed by atoms with Gasteiger partial charge in [0, 0.05) is 11.6 Å². The third-order valence-electron chi connectivity index (χ3n) is 1.66. The van der Waals surface area contributed by atoms with Gasteiger partial charge in [0.1, 0.15) is 5.75 Å². The lowest BCUT2D eigenvalue weighted by Gasteiger charge is -2.09. The second-order valence-electron chi connectivity index (χ2n) is 3.02. The van der Waals surface area contributed by atoms with Gasteiger partial charge in [0.2, 0.25) is 0 Å². The molecular weight excluding hydrogens is 255 g/mol. The van der Waals surface area contributed by atoms with Crippen LogP contribution in [0, 0.1) is 11.8 Å². The molecule has 0 bridgehead atoms. The lowest BCUT2D eigenvalue weighted by molar-refractivity contribution is -0.274. The zero-order valence-electron chi connectivity index (χ0n) is 8.86. The molecule has 92 valence electrons. The van der Waals surface area contributed by atoms with Gasteiger partial charge >= 0.3 is 6.36 Å². The van der Waals surface area contributed by atoms with Crippen molar-refractivity contribution in [2.24, 2.45) is 0 Å². The molecule has 0 radical (unpaired) electrons. The summed E-state index contributed by atoms with van der Waals surface area (Å²) in [5.41, 5.74) is 0.455. The summed E-state index contributed by atoms with van der Waals surface area (Å²) in [6.45, 7) is 0.469. The highest BCUT2D eigenvalue weighted by atomic mass is 35.5. The van der Waals surface area contributed by atoms with E-state index >= 15 is 0 Å². The van der Waals surface area contributed by atoms with E-state index in [1.165, 1.54) is 12.1 Å². The van der Waals surface area contributed by atoms with Crippen LogP contribution in [0.5, 0.6) is 5.75 Å². The monoisotopic (exact) mass is 263 g/mol. The molecule has 0 aliphatic carbocycles. The van der Waals surface area contributed by atoms with E-state index in [2.05, 4.69) is 21.9 Å². The molecule has 0 atom stereocenters. The summed E-state index contributed by atoms with van der Waals surface area (Å²) in [4.78, 5) is 0. The van der Waals surface area contributed by atoms with E-state index in [-0.39, 0.29) is 10.8 Å². The topological polar surface area (TPSA) is 21.3 Å². The minimum Gasteiger partial charge on any atom is -0.406 e. The third kappa shape index (κ3) is 4.98. The van der Waals surface area contributed by atoms with Crippen molar-refractivity contribution >= 4 is 11.6 Å². The number of rotatable bonds is 2. The zero-order chi connectivity index (χ0) is 12.9. The summed E-state index contributed by atoms with van der Waals surface area (Å²) < 4.78 is 39.5. The van der Waals surface area contributed by atoms with Crippen LogP contribution in [0.4, 0.5) is 13.2 Å². The van der Waals surface area contributed by atoms with Crippen LogP contribution in [-0.2, 0) is 0 Å². The second kappa shape index (κ2) is 5.80. The average molecular weight is 264 g/mol. The molecule has 6 heteroatoms. The summed E-state index contributed by atoms with van der Waals surface area (Å²) in [5, 5.41) is 2.93. The molecule has 0 aliphatic heterocycles. The Kier molecular flexibility index (Phi) is 4.67. The molecule has 1 rings (SSSR count). The zero-order valence-corrected chi connectivity index (χ0v) is 9.62. The highest BCUT2D eigenvalue weighted by molar-refractivity contribution is 6.31. The molecule has 1 N–H and O–H groups in total. The van der Waals surface area contributed by atoms with Crippen molar-refractivity contribution in [3.63, 3.8) is 0 Å². The SMILES string of the molecule is CNCC#Cc1ccc(OC(F)(F)F)cc1Cl. The maximum absolute atomic E-state index is 11.9. The van der Waals surface area contributed by atoms with Gasteiger partial charge in [-0.05, 0) is 19.2 Å². The first-order valence-electron chi connectivity index (χ1n) is 4.61. The lowest BCUT2D eigenvalue weighted by Crippen LogP contribution is -2.17. The van der Waals surface area contributed by atoms with Crippen LogP contribution in [0.1, 0.15) is 5.56 Å². The highest BCUT2D eigenvalue weighted by Crippen LogP contribution is 2.27. The molecule has 0 spiro atoms. The highest BCUT2D eigenvalue weighted by Gasteiger charge is 2.31. The summed E-state index contributed by atoms with van der Waals surface area (Å²) in [6.07, 6.45) is -4.72. The predicted molar refractivity (Wildman–Crippen MR) is 58.9 cm³/mol. The number of ether oxygens (including phenoxy) is 1. The fourth-order valence-corrected chi connectivity index (χ4v) is 1.24. The van der Waals surface area contributed by atoms with Crippen molar-refractivity contribution in [3.8, 4) is 17.6 Å². The Morgan fingerprint density at radius 3 is 2.65 bits per heavy atom. The Morgan fingerprint density at radius 1 is 1.41 bits per heavy atom. The van der Waals surface area contributed by atoms with E-state index in [0.29, 0.717) is 12.1 Å². The van der Waals surface area contributed by atoms with Crippen molar-refractivity contribution in [3.05, 3.63) is 28.8 Å². The van der Waals surface area contributed by atoms with Gasteiger partial charge in [-0.15, -0.1) is 13.2 Å². The van der Waals surface area contributed by atoms with Crippen LogP contribution in [0.2, 0.25) is 5.02 Å². The van der Waals surface area contributed by atoms with Crippen LogP contribution < -0.4 is 10.1 Å². The van der Waals surface area contributed by atoms with E-state index in [4.69, 9.17) is 11.6 Å². The Morgan fingerprint density at radius 2 is 2.12 bits per heavy atom. The number of halogens is 4. The Bertz CT molecular complexity index is 448. The largest absolute Gasteiger partial charge is 0.573 e. The van der Waals surface area contributed by atoms with Crippen LogP contribution in [0.3, 0.4) is 0 Å². The molecule has 17 heavy (non-hydrogen) atoms. The summed E-state index contributed by atoms with van der Waals surface area (Å²) in [6, 6.07) is 3.63.